The van der Waals surface area contributed by atoms with E-state index in [1.807, 2.05) is 4.90 Å². The van der Waals surface area contributed by atoms with E-state index in [2.05, 4.69) is 10.1 Å². The lowest BCUT2D eigenvalue weighted by molar-refractivity contribution is 0.0566. The summed E-state index contributed by atoms with van der Waals surface area (Å²) in [6.45, 7) is 1.66. The Bertz CT molecular complexity index is 1500. The summed E-state index contributed by atoms with van der Waals surface area (Å²) >= 11 is 0. The van der Waals surface area contributed by atoms with Gasteiger partial charge in [-0.1, -0.05) is 11.6 Å². The van der Waals surface area contributed by atoms with Crippen LogP contribution in [0.25, 0.3) is 28.4 Å². The summed E-state index contributed by atoms with van der Waals surface area (Å²) in [4.78, 5) is 16.0. The van der Waals surface area contributed by atoms with Crippen LogP contribution >= 0.6 is 0 Å². The lowest BCUT2D eigenvalue weighted by atomic mass is 10.00. The first-order chi connectivity index (χ1) is 18.1. The van der Waals surface area contributed by atoms with Crippen molar-refractivity contribution < 1.29 is 22.7 Å². The van der Waals surface area contributed by atoms with E-state index < -0.39 is 23.8 Å². The molecule has 0 amide bonds. The van der Waals surface area contributed by atoms with Crippen LogP contribution in [0.1, 0.15) is 44.5 Å². The van der Waals surface area contributed by atoms with Gasteiger partial charge in [0.1, 0.15) is 22.8 Å². The molecule has 1 aliphatic rings. The summed E-state index contributed by atoms with van der Waals surface area (Å²) in [6.07, 6.45) is 7.38. The fourth-order valence-corrected chi connectivity index (χ4v) is 4.50. The number of piperidine rings is 1. The van der Waals surface area contributed by atoms with Crippen LogP contribution in [0.15, 0.2) is 48.4 Å². The van der Waals surface area contributed by atoms with Gasteiger partial charge in [0.15, 0.2) is 5.82 Å². The zero-order valence-electron chi connectivity index (χ0n) is 20.9. The first-order valence-electron chi connectivity index (χ1n) is 12.2. The SMILES string of the molecule is CC(C)(O)Cc1cc2nc(N3CCC(=Cc4ccc(F)cc4F)CC3)c(-c3cnn(C(F)F)c3)nc2cn1. The van der Waals surface area contributed by atoms with Gasteiger partial charge >= 0.3 is 6.55 Å². The molecule has 0 unspecified atom stereocenters. The smallest absolute Gasteiger partial charge is 0.333 e. The van der Waals surface area contributed by atoms with Gasteiger partial charge < -0.3 is 10.0 Å². The maximum absolute atomic E-state index is 14.1. The van der Waals surface area contributed by atoms with Crippen LogP contribution in [0.5, 0.6) is 0 Å². The summed E-state index contributed by atoms with van der Waals surface area (Å²) in [7, 11) is 0. The number of rotatable bonds is 6. The second-order valence-corrected chi connectivity index (χ2v) is 9.99. The van der Waals surface area contributed by atoms with E-state index in [1.165, 1.54) is 24.5 Å². The molecule has 5 rings (SSSR count). The Morgan fingerprint density at radius 3 is 2.47 bits per heavy atom. The second-order valence-electron chi connectivity index (χ2n) is 9.99. The zero-order valence-corrected chi connectivity index (χ0v) is 20.9. The number of hydrogen-bond acceptors (Lipinski definition) is 6. The van der Waals surface area contributed by atoms with Crippen molar-refractivity contribution >= 4 is 22.9 Å². The standard InChI is InChI=1S/C27H26F4N6O/c1-27(2,38)12-20-11-22-23(14-32-20)34-24(18-13-33-37(15-18)26(30)31)25(35-22)36-7-5-16(6-8-36)9-17-3-4-19(28)10-21(17)29/h3-4,9-11,13-15,26,38H,5-8,12H2,1-2H3. The number of hydrogen-bond donors (Lipinski definition) is 1. The highest BCUT2D eigenvalue weighted by Gasteiger charge is 2.24. The number of alkyl halides is 2. The van der Waals surface area contributed by atoms with Gasteiger partial charge in [-0.2, -0.15) is 13.9 Å². The number of benzene rings is 1. The van der Waals surface area contributed by atoms with Gasteiger partial charge in [0.25, 0.3) is 0 Å². The Kier molecular flexibility index (Phi) is 6.87. The molecule has 1 aliphatic heterocycles. The number of aromatic nitrogens is 5. The average molecular weight is 527 g/mol. The minimum atomic E-state index is -2.79. The van der Waals surface area contributed by atoms with Gasteiger partial charge in [0, 0.05) is 48.6 Å². The molecule has 0 radical (unpaired) electrons. The number of pyridine rings is 1. The molecule has 1 saturated heterocycles. The summed E-state index contributed by atoms with van der Waals surface area (Å²) in [6, 6.07) is 5.26. The van der Waals surface area contributed by atoms with Crippen LogP contribution in [-0.2, 0) is 6.42 Å². The Balaban J connectivity index is 1.49. The quantitative estimate of drug-likeness (QED) is 0.332. The van der Waals surface area contributed by atoms with Crippen molar-refractivity contribution in [2.24, 2.45) is 0 Å². The Hall–Kier alpha value is -3.86. The highest BCUT2D eigenvalue weighted by molar-refractivity contribution is 5.83. The van der Waals surface area contributed by atoms with Gasteiger partial charge in [-0.05, 0) is 44.9 Å². The van der Waals surface area contributed by atoms with Crippen molar-refractivity contribution in [2.45, 2.75) is 45.3 Å². The highest BCUT2D eigenvalue weighted by Crippen LogP contribution is 2.33. The molecule has 1 aromatic carbocycles. The van der Waals surface area contributed by atoms with Crippen LogP contribution in [0.3, 0.4) is 0 Å². The molecule has 3 aromatic heterocycles. The predicted octanol–water partition coefficient (Wildman–Crippen LogP) is 5.56. The minimum Gasteiger partial charge on any atom is -0.390 e. The van der Waals surface area contributed by atoms with Crippen molar-refractivity contribution in [3.8, 4) is 11.3 Å². The molecule has 7 nitrogen and oxygen atoms in total. The van der Waals surface area contributed by atoms with Crippen LogP contribution in [0.2, 0.25) is 0 Å². The highest BCUT2D eigenvalue weighted by atomic mass is 19.3. The van der Waals surface area contributed by atoms with E-state index in [4.69, 9.17) is 9.97 Å². The number of aliphatic hydroxyl groups is 1. The van der Waals surface area contributed by atoms with Crippen molar-refractivity contribution in [1.82, 2.24) is 24.7 Å². The molecule has 0 aliphatic carbocycles. The Morgan fingerprint density at radius 1 is 1.05 bits per heavy atom. The third-order valence-electron chi connectivity index (χ3n) is 6.30. The zero-order chi connectivity index (χ0) is 27.0. The first-order valence-corrected chi connectivity index (χ1v) is 12.2. The van der Waals surface area contributed by atoms with Crippen LogP contribution in [0.4, 0.5) is 23.4 Å². The van der Waals surface area contributed by atoms with Gasteiger partial charge in [-0.25, -0.2) is 23.4 Å². The molecular weight excluding hydrogens is 500 g/mol. The fraction of sp³-hybridized carbons (Fsp3) is 0.333. The third kappa shape index (κ3) is 5.67. The molecule has 0 bridgehead atoms. The number of fused-ring (bicyclic) bond motifs is 1. The van der Waals surface area contributed by atoms with E-state index in [1.54, 1.807) is 32.2 Å². The molecule has 0 spiro atoms. The van der Waals surface area contributed by atoms with Crippen LogP contribution in [0, 0.1) is 11.6 Å². The topological polar surface area (TPSA) is 80.0 Å². The van der Waals surface area contributed by atoms with Crippen molar-refractivity contribution in [3.05, 3.63) is 71.3 Å². The summed E-state index contributed by atoms with van der Waals surface area (Å²) in [5.41, 5.74) is 2.86. The lowest BCUT2D eigenvalue weighted by Crippen LogP contribution is -2.32. The molecule has 1 fully saturated rings. The molecular formula is C27H26F4N6O. The van der Waals surface area contributed by atoms with E-state index in [0.29, 0.717) is 76.4 Å². The molecule has 0 atom stereocenters. The predicted molar refractivity (Wildman–Crippen MR) is 136 cm³/mol. The van der Waals surface area contributed by atoms with Gasteiger partial charge in [0.2, 0.25) is 0 Å². The Labute approximate surface area is 216 Å². The van der Waals surface area contributed by atoms with Crippen molar-refractivity contribution in [1.29, 1.82) is 0 Å². The normalized spacial score (nSPS) is 14.5. The first kappa shape index (κ1) is 25.8. The minimum absolute atomic E-state index is 0.320. The number of anilines is 1. The maximum atomic E-state index is 14.1. The Morgan fingerprint density at radius 2 is 1.82 bits per heavy atom. The van der Waals surface area contributed by atoms with Gasteiger partial charge in [-0.3, -0.25) is 4.98 Å². The molecule has 198 valence electrons. The fourth-order valence-electron chi connectivity index (χ4n) is 4.50. The number of nitrogens with zero attached hydrogens (tertiary/aromatic N) is 6. The van der Waals surface area contributed by atoms with E-state index in [9.17, 15) is 22.7 Å². The van der Waals surface area contributed by atoms with Crippen LogP contribution in [-0.4, -0.2) is 48.5 Å². The van der Waals surface area contributed by atoms with E-state index in [-0.39, 0.29) is 0 Å². The average Bonchev–Trinajstić information content (AvgIpc) is 3.35. The van der Waals surface area contributed by atoms with E-state index >= 15 is 0 Å². The van der Waals surface area contributed by atoms with Crippen molar-refractivity contribution in [3.63, 3.8) is 0 Å². The molecule has 0 saturated carbocycles. The molecule has 4 aromatic rings. The lowest BCUT2D eigenvalue weighted by Gasteiger charge is -2.30. The molecule has 1 N–H and O–H groups in total. The van der Waals surface area contributed by atoms with Crippen molar-refractivity contribution in [2.75, 3.05) is 18.0 Å². The largest absolute Gasteiger partial charge is 0.390 e. The van der Waals surface area contributed by atoms with Gasteiger partial charge in [0.05, 0.1) is 23.5 Å². The summed E-state index contributed by atoms with van der Waals surface area (Å²) in [5.74, 6) is -0.731. The number of halogens is 4. The summed E-state index contributed by atoms with van der Waals surface area (Å²) < 4.78 is 54.4. The second kappa shape index (κ2) is 10.1. The van der Waals surface area contributed by atoms with E-state index in [0.717, 1.165) is 11.6 Å². The molecule has 38 heavy (non-hydrogen) atoms. The van der Waals surface area contributed by atoms with Gasteiger partial charge in [-0.15, -0.1) is 0 Å². The van der Waals surface area contributed by atoms with Crippen LogP contribution < -0.4 is 4.90 Å². The monoisotopic (exact) mass is 526 g/mol. The third-order valence-corrected chi connectivity index (χ3v) is 6.30. The molecule has 11 heteroatoms. The molecule has 4 heterocycles. The maximum Gasteiger partial charge on any atom is 0.333 e. The summed E-state index contributed by atoms with van der Waals surface area (Å²) in [5, 5.41) is 14.0.